The Morgan fingerprint density at radius 2 is 1.78 bits per heavy atom. The minimum Gasteiger partial charge on any atom is -0.481 e. The minimum atomic E-state index is -5.08. The molecule has 1 aliphatic carbocycles. The first-order valence-corrected chi connectivity index (χ1v) is 11.0. The molecule has 1 aromatic rings. The molecule has 36 heavy (non-hydrogen) atoms. The van der Waals surface area contributed by atoms with Crippen LogP contribution in [0.15, 0.2) is 21.7 Å². The van der Waals surface area contributed by atoms with E-state index in [1.54, 1.807) is 0 Å². The van der Waals surface area contributed by atoms with Crippen molar-refractivity contribution in [3.8, 4) is 11.5 Å². The number of aryl methyl sites for hydroxylation is 2. The summed E-state index contributed by atoms with van der Waals surface area (Å²) in [6.45, 7) is 5.01. The van der Waals surface area contributed by atoms with E-state index in [0.29, 0.717) is 31.4 Å². The van der Waals surface area contributed by atoms with Crippen molar-refractivity contribution in [3.05, 3.63) is 44.1 Å². The lowest BCUT2D eigenvalue weighted by Gasteiger charge is -2.19. The van der Waals surface area contributed by atoms with Gasteiger partial charge in [0, 0.05) is 19.1 Å². The molecule has 1 aromatic carbocycles. The number of benzene rings is 1. The number of rotatable bonds is 5. The predicted molar refractivity (Wildman–Crippen MR) is 121 cm³/mol. The van der Waals surface area contributed by atoms with Crippen molar-refractivity contribution in [2.24, 2.45) is 5.92 Å². The monoisotopic (exact) mass is 511 g/mol. The molecule has 14 heteroatoms. The van der Waals surface area contributed by atoms with Crippen molar-refractivity contribution in [2.75, 3.05) is 6.54 Å². The summed E-state index contributed by atoms with van der Waals surface area (Å²) in [4.78, 5) is 54.8. The SMILES string of the molecule is Cc1cc2nc3c(=O)[nH]c(=O)nc-3n(CCN[C@H]3CC[C@@H](C(=O)O)C3)c2cc1C.O=C(O)C(F)(F)F. The Labute approximate surface area is 201 Å². The summed E-state index contributed by atoms with van der Waals surface area (Å²) >= 11 is 0. The highest BCUT2D eigenvalue weighted by Gasteiger charge is 2.38. The largest absolute Gasteiger partial charge is 0.490 e. The molecule has 0 aromatic heterocycles. The van der Waals surface area contributed by atoms with E-state index in [2.05, 4.69) is 20.3 Å². The van der Waals surface area contributed by atoms with Crippen LogP contribution in [0.1, 0.15) is 30.4 Å². The zero-order valence-corrected chi connectivity index (χ0v) is 19.3. The summed E-state index contributed by atoms with van der Waals surface area (Å²) in [5, 5.41) is 19.7. The first-order chi connectivity index (χ1) is 16.8. The van der Waals surface area contributed by atoms with Gasteiger partial charge in [0.15, 0.2) is 11.5 Å². The van der Waals surface area contributed by atoms with Crippen molar-refractivity contribution in [1.82, 2.24) is 24.8 Å². The van der Waals surface area contributed by atoms with Crippen LogP contribution in [0.3, 0.4) is 0 Å². The van der Waals surface area contributed by atoms with Crippen LogP contribution in [0.25, 0.3) is 22.6 Å². The van der Waals surface area contributed by atoms with Crippen molar-refractivity contribution in [3.63, 3.8) is 0 Å². The number of alkyl halides is 3. The van der Waals surface area contributed by atoms with Crippen LogP contribution < -0.4 is 16.6 Å². The number of carboxylic acid groups (broad SMARTS) is 2. The summed E-state index contributed by atoms with van der Waals surface area (Å²) in [5.41, 5.74) is 2.48. The molecule has 1 saturated carbocycles. The molecular formula is C22H24F3N5O6. The average Bonchev–Trinajstić information content (AvgIpc) is 3.24. The molecule has 3 aliphatic rings. The molecule has 0 spiro atoms. The standard InChI is InChI=1S/C20H23N5O4.C2HF3O2/c1-10-7-14-15(8-11(10)2)25(17-16(22-14)18(26)24-20(29)23-17)6-5-21-13-4-3-12(9-13)19(27)28;3-2(4,5)1(6)7/h7-8,12-13,21H,3-6,9H2,1-2H3,(H,27,28)(H,24,26,29);(H,6,7)/t12-,13+;/m1./s1. The van der Waals surface area contributed by atoms with E-state index in [-0.39, 0.29) is 23.5 Å². The van der Waals surface area contributed by atoms with Crippen molar-refractivity contribution >= 4 is 23.0 Å². The van der Waals surface area contributed by atoms with Crippen LogP contribution in [0, 0.1) is 19.8 Å². The van der Waals surface area contributed by atoms with Crippen LogP contribution >= 0.6 is 0 Å². The fourth-order valence-electron chi connectivity index (χ4n) is 4.05. The van der Waals surface area contributed by atoms with Gasteiger partial charge in [-0.1, -0.05) is 0 Å². The quantitative estimate of drug-likeness (QED) is 0.373. The van der Waals surface area contributed by atoms with Gasteiger partial charge in [0.25, 0.3) is 5.56 Å². The second kappa shape index (κ2) is 10.4. The minimum absolute atomic E-state index is 0.132. The molecular weight excluding hydrogens is 487 g/mol. The van der Waals surface area contributed by atoms with E-state index >= 15 is 0 Å². The number of hydrogen-bond donors (Lipinski definition) is 4. The molecule has 2 heterocycles. The average molecular weight is 511 g/mol. The molecule has 194 valence electrons. The van der Waals surface area contributed by atoms with Crippen LogP contribution in [-0.2, 0) is 16.1 Å². The fraction of sp³-hybridized carbons (Fsp3) is 0.455. The summed E-state index contributed by atoms with van der Waals surface area (Å²) in [7, 11) is 0. The third-order valence-corrected chi connectivity index (χ3v) is 6.02. The highest BCUT2D eigenvalue weighted by Crippen LogP contribution is 2.26. The lowest BCUT2D eigenvalue weighted by Crippen LogP contribution is -2.33. The van der Waals surface area contributed by atoms with Gasteiger partial charge in [0.1, 0.15) is 0 Å². The third kappa shape index (κ3) is 6.05. The number of hydrogen-bond acceptors (Lipinski definition) is 7. The Hall–Kier alpha value is -3.81. The first-order valence-electron chi connectivity index (χ1n) is 11.0. The molecule has 2 aliphatic heterocycles. The first kappa shape index (κ1) is 26.8. The number of nitrogens with zero attached hydrogens (tertiary/aromatic N) is 3. The van der Waals surface area contributed by atoms with E-state index in [1.165, 1.54) is 0 Å². The molecule has 0 unspecified atom stereocenters. The Balaban J connectivity index is 0.000000454. The lowest BCUT2D eigenvalue weighted by atomic mass is 10.1. The number of carboxylic acids is 2. The number of carbonyl (C=O) groups is 2. The highest BCUT2D eigenvalue weighted by molar-refractivity contribution is 5.81. The number of aromatic nitrogens is 4. The van der Waals surface area contributed by atoms with E-state index < -0.39 is 29.4 Å². The van der Waals surface area contributed by atoms with Gasteiger partial charge in [-0.15, -0.1) is 0 Å². The molecule has 4 N–H and O–H groups in total. The number of fused-ring (bicyclic) bond motifs is 2. The maximum atomic E-state index is 12.3. The molecule has 0 bridgehead atoms. The Kier molecular flexibility index (Phi) is 7.77. The molecule has 0 radical (unpaired) electrons. The lowest BCUT2D eigenvalue weighted by molar-refractivity contribution is -0.192. The van der Waals surface area contributed by atoms with Crippen molar-refractivity contribution in [2.45, 2.75) is 51.9 Å². The van der Waals surface area contributed by atoms with E-state index in [0.717, 1.165) is 23.1 Å². The topological polar surface area (TPSA) is 167 Å². The van der Waals surface area contributed by atoms with E-state index in [4.69, 9.17) is 15.0 Å². The van der Waals surface area contributed by atoms with Crippen LogP contribution in [0.2, 0.25) is 0 Å². The Morgan fingerprint density at radius 1 is 1.14 bits per heavy atom. The summed E-state index contributed by atoms with van der Waals surface area (Å²) in [6, 6.07) is 4.06. The smallest absolute Gasteiger partial charge is 0.481 e. The van der Waals surface area contributed by atoms with Gasteiger partial charge >= 0.3 is 23.8 Å². The summed E-state index contributed by atoms with van der Waals surface area (Å²) < 4.78 is 33.6. The van der Waals surface area contributed by atoms with Crippen LogP contribution in [0.5, 0.6) is 0 Å². The molecule has 0 amide bonds. The van der Waals surface area contributed by atoms with Gasteiger partial charge in [-0.25, -0.2) is 14.6 Å². The summed E-state index contributed by atoms with van der Waals surface area (Å²) in [6.07, 6.45) is -2.98. The third-order valence-electron chi connectivity index (χ3n) is 6.02. The molecule has 4 rings (SSSR count). The normalized spacial score (nSPS) is 17.7. The highest BCUT2D eigenvalue weighted by atomic mass is 19.4. The van der Waals surface area contributed by atoms with Gasteiger partial charge in [0.05, 0.1) is 17.0 Å². The molecule has 2 atom stereocenters. The maximum absolute atomic E-state index is 12.3. The fourth-order valence-corrected chi connectivity index (χ4v) is 4.05. The predicted octanol–water partition coefficient (Wildman–Crippen LogP) is 1.68. The maximum Gasteiger partial charge on any atom is 0.490 e. The number of aromatic amines is 1. The van der Waals surface area contributed by atoms with Crippen molar-refractivity contribution in [1.29, 1.82) is 0 Å². The zero-order valence-electron chi connectivity index (χ0n) is 19.3. The van der Waals surface area contributed by atoms with Gasteiger partial charge in [-0.3, -0.25) is 14.6 Å². The van der Waals surface area contributed by atoms with Crippen LogP contribution in [0.4, 0.5) is 13.2 Å². The van der Waals surface area contributed by atoms with Crippen LogP contribution in [-0.4, -0.2) is 60.4 Å². The number of halogens is 3. The van der Waals surface area contributed by atoms with Gasteiger partial charge in [-0.2, -0.15) is 18.2 Å². The zero-order chi connectivity index (χ0) is 26.8. The summed E-state index contributed by atoms with van der Waals surface area (Å²) in [5.74, 6) is -3.54. The molecule has 11 nitrogen and oxygen atoms in total. The van der Waals surface area contributed by atoms with Gasteiger partial charge in [-0.05, 0) is 56.4 Å². The van der Waals surface area contributed by atoms with Crippen molar-refractivity contribution < 1.29 is 33.0 Å². The molecule has 1 fully saturated rings. The Bertz CT molecular complexity index is 1380. The van der Waals surface area contributed by atoms with E-state index in [9.17, 15) is 27.6 Å². The van der Waals surface area contributed by atoms with Gasteiger partial charge in [0.2, 0.25) is 0 Å². The number of aliphatic carboxylic acids is 2. The number of H-pyrrole nitrogens is 1. The second-order valence-corrected chi connectivity index (χ2v) is 8.53. The molecule has 0 saturated heterocycles. The Morgan fingerprint density at radius 3 is 2.36 bits per heavy atom. The van der Waals surface area contributed by atoms with E-state index in [1.807, 2.05) is 30.5 Å². The second-order valence-electron chi connectivity index (χ2n) is 8.53. The van der Waals surface area contributed by atoms with Gasteiger partial charge < -0.3 is 20.1 Å². The number of nitrogens with one attached hydrogen (secondary N) is 2.